The maximum atomic E-state index is 14.1. The lowest BCUT2D eigenvalue weighted by Gasteiger charge is -2.13. The summed E-state index contributed by atoms with van der Waals surface area (Å²) < 4.78 is 33.0. The van der Waals surface area contributed by atoms with E-state index in [0.29, 0.717) is 10.5 Å². The number of benzene rings is 3. The van der Waals surface area contributed by atoms with Crippen LogP contribution in [-0.2, 0) is 4.79 Å². The molecule has 0 radical (unpaired) electrons. The van der Waals surface area contributed by atoms with Crippen LogP contribution in [0.15, 0.2) is 70.8 Å². The van der Waals surface area contributed by atoms with Gasteiger partial charge in [0, 0.05) is 22.7 Å². The van der Waals surface area contributed by atoms with Crippen LogP contribution in [0.4, 0.5) is 20.2 Å². The second-order valence-electron chi connectivity index (χ2n) is 6.79. The summed E-state index contributed by atoms with van der Waals surface area (Å²) in [5, 5.41) is 15.8. The van der Waals surface area contributed by atoms with E-state index in [9.17, 15) is 28.5 Å². The molecule has 0 fully saturated rings. The number of amides is 2. The van der Waals surface area contributed by atoms with Crippen molar-refractivity contribution in [1.29, 1.82) is 0 Å². The molecule has 3 aromatic carbocycles. The molecule has 0 aliphatic rings. The molecule has 0 bridgehead atoms. The molecule has 0 spiro atoms. The van der Waals surface area contributed by atoms with Gasteiger partial charge in [-0.3, -0.25) is 19.7 Å². The number of anilines is 1. The van der Waals surface area contributed by atoms with Crippen molar-refractivity contribution >= 4 is 45.2 Å². The van der Waals surface area contributed by atoms with Crippen LogP contribution < -0.4 is 15.4 Å². The molecular formula is C23H16BrF2N3O5. The summed E-state index contributed by atoms with van der Waals surface area (Å²) in [5.41, 5.74) is -0.608. The minimum absolute atomic E-state index is 0.0857. The van der Waals surface area contributed by atoms with Crippen LogP contribution >= 0.6 is 15.9 Å². The number of halogens is 3. The average molecular weight is 532 g/mol. The molecule has 8 nitrogen and oxygen atoms in total. The first-order valence-corrected chi connectivity index (χ1v) is 10.3. The fourth-order valence-electron chi connectivity index (χ4n) is 2.88. The summed E-state index contributed by atoms with van der Waals surface area (Å²) in [6.07, 6.45) is 1.19. The topological polar surface area (TPSA) is 111 Å². The molecule has 2 N–H and O–H groups in total. The fourth-order valence-corrected chi connectivity index (χ4v) is 3.24. The lowest BCUT2D eigenvalue weighted by Crippen LogP contribution is -2.31. The summed E-state index contributed by atoms with van der Waals surface area (Å²) in [4.78, 5) is 36.4. The maximum Gasteiger partial charge on any atom is 0.272 e. The Morgan fingerprint density at radius 1 is 1.09 bits per heavy atom. The molecule has 3 rings (SSSR count). The largest absolute Gasteiger partial charge is 0.496 e. The molecule has 0 aliphatic carbocycles. The van der Waals surface area contributed by atoms with Crippen molar-refractivity contribution in [3.63, 3.8) is 0 Å². The van der Waals surface area contributed by atoms with Crippen molar-refractivity contribution in [3.8, 4) is 5.75 Å². The van der Waals surface area contributed by atoms with Crippen molar-refractivity contribution in [2.24, 2.45) is 0 Å². The molecule has 0 heterocycles. The lowest BCUT2D eigenvalue weighted by molar-refractivity contribution is -0.384. The summed E-state index contributed by atoms with van der Waals surface area (Å²) in [6, 6.07) is 12.5. The van der Waals surface area contributed by atoms with Crippen LogP contribution in [0.25, 0.3) is 6.08 Å². The molecule has 0 saturated carbocycles. The Bertz CT molecular complexity index is 1310. The Morgan fingerprint density at radius 2 is 1.85 bits per heavy atom. The summed E-state index contributed by atoms with van der Waals surface area (Å²) in [5.74, 6) is -3.31. The van der Waals surface area contributed by atoms with Gasteiger partial charge in [-0.15, -0.1) is 0 Å². The van der Waals surface area contributed by atoms with Gasteiger partial charge in [0.1, 0.15) is 23.1 Å². The number of non-ortho nitro benzene ring substituents is 1. The Labute approximate surface area is 200 Å². The Hall–Kier alpha value is -4.12. The zero-order chi connectivity index (χ0) is 24.8. The molecule has 174 valence electrons. The number of methoxy groups -OCH3 is 1. The number of nitro benzene ring substituents is 1. The van der Waals surface area contributed by atoms with Gasteiger partial charge in [-0.25, -0.2) is 8.78 Å². The third kappa shape index (κ3) is 6.01. The van der Waals surface area contributed by atoms with E-state index in [4.69, 9.17) is 4.74 Å². The van der Waals surface area contributed by atoms with Gasteiger partial charge >= 0.3 is 0 Å². The summed E-state index contributed by atoms with van der Waals surface area (Å²) >= 11 is 3.26. The van der Waals surface area contributed by atoms with Crippen LogP contribution in [0.2, 0.25) is 0 Å². The van der Waals surface area contributed by atoms with Gasteiger partial charge in [-0.2, -0.15) is 0 Å². The van der Waals surface area contributed by atoms with E-state index in [2.05, 4.69) is 26.6 Å². The van der Waals surface area contributed by atoms with Gasteiger partial charge in [0.05, 0.1) is 23.3 Å². The van der Waals surface area contributed by atoms with Crippen LogP contribution in [-0.4, -0.2) is 23.8 Å². The number of hydrogen-bond donors (Lipinski definition) is 2. The van der Waals surface area contributed by atoms with Crippen LogP contribution in [0.5, 0.6) is 5.75 Å². The highest BCUT2D eigenvalue weighted by Crippen LogP contribution is 2.24. The molecule has 0 aliphatic heterocycles. The van der Waals surface area contributed by atoms with Gasteiger partial charge in [0.25, 0.3) is 17.5 Å². The van der Waals surface area contributed by atoms with Crippen molar-refractivity contribution in [1.82, 2.24) is 5.32 Å². The standard InChI is InChI=1S/C23H16BrF2N3O5/c1-34-21-8-5-14(24)11-17(21)22(30)28-20(10-13-3-2-4-16(9-13)29(32)33)23(31)27-19-7-6-15(25)12-18(19)26/h2-12H,1H3,(H,27,31)(H,28,30). The van der Waals surface area contributed by atoms with E-state index in [1.54, 1.807) is 6.07 Å². The minimum Gasteiger partial charge on any atom is -0.496 e. The highest BCUT2D eigenvalue weighted by molar-refractivity contribution is 9.10. The van der Waals surface area contributed by atoms with Crippen molar-refractivity contribution in [3.05, 3.63) is 104 Å². The molecule has 0 saturated heterocycles. The quantitative estimate of drug-likeness (QED) is 0.251. The monoisotopic (exact) mass is 531 g/mol. The molecule has 0 unspecified atom stereocenters. The van der Waals surface area contributed by atoms with Gasteiger partial charge < -0.3 is 15.4 Å². The molecule has 11 heteroatoms. The number of carbonyl (C=O) groups is 2. The first-order valence-electron chi connectivity index (χ1n) is 9.55. The first-order chi connectivity index (χ1) is 16.2. The molecule has 0 aromatic heterocycles. The van der Waals surface area contributed by atoms with Crippen LogP contribution in [0.1, 0.15) is 15.9 Å². The highest BCUT2D eigenvalue weighted by atomic mass is 79.9. The Morgan fingerprint density at radius 3 is 2.53 bits per heavy atom. The predicted molar refractivity (Wildman–Crippen MR) is 124 cm³/mol. The summed E-state index contributed by atoms with van der Waals surface area (Å²) in [7, 11) is 1.36. The second-order valence-corrected chi connectivity index (χ2v) is 7.70. The molecule has 0 atom stereocenters. The average Bonchev–Trinajstić information content (AvgIpc) is 2.80. The van der Waals surface area contributed by atoms with Crippen molar-refractivity contribution in [2.75, 3.05) is 12.4 Å². The van der Waals surface area contributed by atoms with Gasteiger partial charge in [0.15, 0.2) is 0 Å². The molecule has 3 aromatic rings. The Balaban J connectivity index is 2.00. The normalized spacial score (nSPS) is 11.0. The third-order valence-electron chi connectivity index (χ3n) is 4.47. The number of nitrogens with one attached hydrogen (secondary N) is 2. The summed E-state index contributed by atoms with van der Waals surface area (Å²) in [6.45, 7) is 0. The predicted octanol–water partition coefficient (Wildman–Crippen LogP) is 5.05. The van der Waals surface area contributed by atoms with Gasteiger partial charge in [0.2, 0.25) is 0 Å². The molecule has 2 amide bonds. The number of ether oxygens (including phenoxy) is 1. The van der Waals surface area contributed by atoms with Crippen molar-refractivity contribution in [2.45, 2.75) is 0 Å². The lowest BCUT2D eigenvalue weighted by atomic mass is 10.1. The fraction of sp³-hybridized carbons (Fsp3) is 0.0435. The first kappa shape index (κ1) is 24.5. The van der Waals surface area contributed by atoms with Crippen molar-refractivity contribution < 1.29 is 28.0 Å². The van der Waals surface area contributed by atoms with Crippen LogP contribution in [0.3, 0.4) is 0 Å². The number of nitrogens with zero attached hydrogens (tertiary/aromatic N) is 1. The van der Waals surface area contributed by atoms with Gasteiger partial charge in [-0.1, -0.05) is 28.1 Å². The van der Waals surface area contributed by atoms with Crippen LogP contribution in [0, 0.1) is 21.7 Å². The maximum absolute atomic E-state index is 14.1. The van der Waals surface area contributed by atoms with E-state index in [1.165, 1.54) is 49.6 Å². The SMILES string of the molecule is COc1ccc(Br)cc1C(=O)NC(=Cc1cccc([N+](=O)[O-])c1)C(=O)Nc1ccc(F)cc1F. The highest BCUT2D eigenvalue weighted by Gasteiger charge is 2.20. The number of rotatable bonds is 7. The van der Waals surface area contributed by atoms with Gasteiger partial charge in [-0.05, 0) is 42.0 Å². The second kappa shape index (κ2) is 10.7. The minimum atomic E-state index is -1.02. The molecular weight excluding hydrogens is 516 g/mol. The zero-order valence-electron chi connectivity index (χ0n) is 17.5. The number of nitro groups is 1. The van der Waals surface area contributed by atoms with E-state index >= 15 is 0 Å². The Kier molecular flexibility index (Phi) is 7.69. The van der Waals surface area contributed by atoms with E-state index in [0.717, 1.165) is 12.1 Å². The van der Waals surface area contributed by atoms with E-state index in [-0.39, 0.29) is 33.9 Å². The third-order valence-corrected chi connectivity index (χ3v) is 4.96. The molecule has 34 heavy (non-hydrogen) atoms. The number of carbonyl (C=O) groups excluding carboxylic acids is 2. The van der Waals surface area contributed by atoms with E-state index in [1.807, 2.05) is 0 Å². The van der Waals surface area contributed by atoms with E-state index < -0.39 is 28.4 Å². The zero-order valence-corrected chi connectivity index (χ0v) is 19.1. The smallest absolute Gasteiger partial charge is 0.272 e. The number of hydrogen-bond acceptors (Lipinski definition) is 5.